The molecular formula is C13H19N5O2. The molecule has 0 amide bonds. The summed E-state index contributed by atoms with van der Waals surface area (Å²) in [5.74, 6) is 1.22. The smallest absolute Gasteiger partial charge is 0.187 e. The number of anilines is 1. The van der Waals surface area contributed by atoms with Crippen molar-refractivity contribution in [3.63, 3.8) is 0 Å². The predicted octanol–water partition coefficient (Wildman–Crippen LogP) is 1.36. The van der Waals surface area contributed by atoms with Gasteiger partial charge >= 0.3 is 0 Å². The molecule has 0 aliphatic rings. The number of methoxy groups -OCH3 is 1. The molecule has 0 saturated heterocycles. The second-order valence-electron chi connectivity index (χ2n) is 4.57. The number of benzene rings is 1. The van der Waals surface area contributed by atoms with Crippen LogP contribution in [-0.2, 0) is 11.3 Å². The minimum absolute atomic E-state index is 0.172. The number of tetrazole rings is 1. The number of rotatable bonds is 6. The van der Waals surface area contributed by atoms with E-state index in [1.54, 1.807) is 17.9 Å². The zero-order valence-electron chi connectivity index (χ0n) is 11.9. The van der Waals surface area contributed by atoms with Crippen molar-refractivity contribution in [2.45, 2.75) is 26.5 Å². The van der Waals surface area contributed by atoms with Crippen molar-refractivity contribution in [3.05, 3.63) is 18.2 Å². The molecule has 0 bridgehead atoms. The van der Waals surface area contributed by atoms with Crippen molar-refractivity contribution in [2.24, 2.45) is 0 Å². The quantitative estimate of drug-likeness (QED) is 0.802. The molecular weight excluding hydrogens is 258 g/mol. The van der Waals surface area contributed by atoms with Crippen molar-refractivity contribution in [2.75, 3.05) is 19.5 Å². The molecule has 0 saturated carbocycles. The van der Waals surface area contributed by atoms with Crippen LogP contribution in [0.1, 0.15) is 13.8 Å². The molecule has 1 aromatic heterocycles. The molecule has 2 rings (SSSR count). The Balaban J connectivity index is 2.28. The van der Waals surface area contributed by atoms with Gasteiger partial charge in [-0.05, 0) is 36.4 Å². The maximum absolute atomic E-state index is 6.01. The van der Waals surface area contributed by atoms with E-state index in [0.29, 0.717) is 36.0 Å². The summed E-state index contributed by atoms with van der Waals surface area (Å²) >= 11 is 0. The molecule has 0 unspecified atom stereocenters. The molecule has 0 spiro atoms. The monoisotopic (exact) mass is 277 g/mol. The number of hydrogen-bond donors (Lipinski definition) is 1. The van der Waals surface area contributed by atoms with Crippen LogP contribution in [0.4, 0.5) is 5.69 Å². The lowest BCUT2D eigenvalue weighted by atomic mass is 10.1. The molecule has 1 aromatic carbocycles. The van der Waals surface area contributed by atoms with Crippen LogP contribution in [0.3, 0.4) is 0 Å². The Morgan fingerprint density at radius 1 is 1.35 bits per heavy atom. The van der Waals surface area contributed by atoms with Crippen molar-refractivity contribution in [1.29, 1.82) is 0 Å². The first-order chi connectivity index (χ1) is 9.63. The van der Waals surface area contributed by atoms with E-state index in [9.17, 15) is 0 Å². The summed E-state index contributed by atoms with van der Waals surface area (Å²) in [4.78, 5) is 0. The highest BCUT2D eigenvalue weighted by Gasteiger charge is 2.16. The number of ether oxygens (including phenoxy) is 2. The van der Waals surface area contributed by atoms with Crippen LogP contribution in [0.25, 0.3) is 11.4 Å². The average Bonchev–Trinajstić information content (AvgIpc) is 2.86. The number of hydrogen-bond acceptors (Lipinski definition) is 6. The summed E-state index contributed by atoms with van der Waals surface area (Å²) < 4.78 is 12.5. The standard InChI is InChI=1S/C13H19N5O2/c1-9(2)20-8-7-18-13(15-16-17-18)12-10(14)5-4-6-11(12)19-3/h4-6,9H,7-8,14H2,1-3H3. The van der Waals surface area contributed by atoms with Gasteiger partial charge in [0.15, 0.2) is 5.82 Å². The Labute approximate surface area is 117 Å². The molecule has 7 heteroatoms. The van der Waals surface area contributed by atoms with Gasteiger partial charge in [-0.15, -0.1) is 5.10 Å². The minimum Gasteiger partial charge on any atom is -0.496 e. The summed E-state index contributed by atoms with van der Waals surface area (Å²) in [5.41, 5.74) is 7.29. The van der Waals surface area contributed by atoms with Crippen molar-refractivity contribution >= 4 is 5.69 Å². The van der Waals surface area contributed by atoms with Gasteiger partial charge in [-0.3, -0.25) is 0 Å². The molecule has 1 heterocycles. The second kappa shape index (κ2) is 6.33. The summed E-state index contributed by atoms with van der Waals surface area (Å²) in [5, 5.41) is 11.7. The fourth-order valence-corrected chi connectivity index (χ4v) is 1.87. The predicted molar refractivity (Wildman–Crippen MR) is 75.3 cm³/mol. The van der Waals surface area contributed by atoms with E-state index in [0.717, 1.165) is 0 Å². The van der Waals surface area contributed by atoms with Gasteiger partial charge in [0.05, 0.1) is 31.9 Å². The van der Waals surface area contributed by atoms with E-state index in [1.807, 2.05) is 26.0 Å². The van der Waals surface area contributed by atoms with Gasteiger partial charge in [0.25, 0.3) is 0 Å². The molecule has 0 fully saturated rings. The van der Waals surface area contributed by atoms with Crippen LogP contribution in [-0.4, -0.2) is 40.0 Å². The Bertz CT molecular complexity index is 568. The Kier molecular flexibility index (Phi) is 4.52. The van der Waals surface area contributed by atoms with Gasteiger partial charge in [-0.25, -0.2) is 4.68 Å². The highest BCUT2D eigenvalue weighted by Crippen LogP contribution is 2.33. The van der Waals surface area contributed by atoms with Crippen LogP contribution in [0.15, 0.2) is 18.2 Å². The first-order valence-corrected chi connectivity index (χ1v) is 6.44. The lowest BCUT2D eigenvalue weighted by Gasteiger charge is -2.12. The van der Waals surface area contributed by atoms with E-state index in [2.05, 4.69) is 15.5 Å². The summed E-state index contributed by atoms with van der Waals surface area (Å²) in [7, 11) is 1.59. The van der Waals surface area contributed by atoms with Crippen molar-refractivity contribution < 1.29 is 9.47 Å². The van der Waals surface area contributed by atoms with E-state index in [4.69, 9.17) is 15.2 Å². The van der Waals surface area contributed by atoms with Crippen LogP contribution in [0, 0.1) is 0 Å². The third kappa shape index (κ3) is 3.05. The number of aromatic nitrogens is 4. The Hall–Kier alpha value is -2.15. The first kappa shape index (κ1) is 14.3. The number of nitrogen functional groups attached to an aromatic ring is 1. The molecule has 0 aliphatic carbocycles. The highest BCUT2D eigenvalue weighted by atomic mass is 16.5. The molecule has 20 heavy (non-hydrogen) atoms. The van der Waals surface area contributed by atoms with Gasteiger partial charge in [0.2, 0.25) is 0 Å². The third-order valence-corrected chi connectivity index (χ3v) is 2.79. The van der Waals surface area contributed by atoms with Gasteiger partial charge in [-0.1, -0.05) is 6.07 Å². The summed E-state index contributed by atoms with van der Waals surface area (Å²) in [6.45, 7) is 5.06. The fourth-order valence-electron chi connectivity index (χ4n) is 1.87. The first-order valence-electron chi connectivity index (χ1n) is 6.44. The molecule has 2 aromatic rings. The van der Waals surface area contributed by atoms with Crippen molar-refractivity contribution in [3.8, 4) is 17.1 Å². The lowest BCUT2D eigenvalue weighted by Crippen LogP contribution is -2.13. The van der Waals surface area contributed by atoms with E-state index >= 15 is 0 Å². The minimum atomic E-state index is 0.172. The average molecular weight is 277 g/mol. The van der Waals surface area contributed by atoms with E-state index in [1.165, 1.54) is 0 Å². The molecule has 0 radical (unpaired) electrons. The second-order valence-corrected chi connectivity index (χ2v) is 4.57. The van der Waals surface area contributed by atoms with Gasteiger partial charge in [-0.2, -0.15) is 0 Å². The van der Waals surface area contributed by atoms with E-state index in [-0.39, 0.29) is 6.10 Å². The molecule has 0 aliphatic heterocycles. The van der Waals surface area contributed by atoms with Gasteiger partial charge < -0.3 is 15.2 Å². The van der Waals surface area contributed by atoms with E-state index < -0.39 is 0 Å². The normalized spacial score (nSPS) is 11.0. The van der Waals surface area contributed by atoms with Crippen molar-refractivity contribution in [1.82, 2.24) is 20.2 Å². The maximum atomic E-state index is 6.01. The SMILES string of the molecule is COc1cccc(N)c1-c1nnnn1CCOC(C)C. The maximum Gasteiger partial charge on any atom is 0.187 e. The fraction of sp³-hybridized carbons (Fsp3) is 0.462. The van der Waals surface area contributed by atoms with Gasteiger partial charge in [0, 0.05) is 5.69 Å². The van der Waals surface area contributed by atoms with Crippen LogP contribution >= 0.6 is 0 Å². The lowest BCUT2D eigenvalue weighted by molar-refractivity contribution is 0.0709. The highest BCUT2D eigenvalue weighted by molar-refractivity contribution is 5.77. The molecule has 0 atom stereocenters. The largest absolute Gasteiger partial charge is 0.496 e. The molecule has 7 nitrogen and oxygen atoms in total. The summed E-state index contributed by atoms with van der Waals surface area (Å²) in [6.07, 6.45) is 0.172. The van der Waals surface area contributed by atoms with Gasteiger partial charge in [0.1, 0.15) is 5.75 Å². The topological polar surface area (TPSA) is 88.1 Å². The number of nitrogens with two attached hydrogens (primary N) is 1. The Morgan fingerprint density at radius 3 is 2.85 bits per heavy atom. The zero-order valence-corrected chi connectivity index (χ0v) is 11.9. The third-order valence-electron chi connectivity index (χ3n) is 2.79. The zero-order chi connectivity index (χ0) is 14.5. The molecule has 108 valence electrons. The van der Waals surface area contributed by atoms with Crippen LogP contribution < -0.4 is 10.5 Å². The number of nitrogens with zero attached hydrogens (tertiary/aromatic N) is 4. The summed E-state index contributed by atoms with van der Waals surface area (Å²) in [6, 6.07) is 5.45. The van der Waals surface area contributed by atoms with Crippen LogP contribution in [0.2, 0.25) is 0 Å². The van der Waals surface area contributed by atoms with Crippen LogP contribution in [0.5, 0.6) is 5.75 Å². The molecule has 2 N–H and O–H groups in total. The Morgan fingerprint density at radius 2 is 2.15 bits per heavy atom.